The number of nitrogens with zero attached hydrogens (tertiary/aromatic N) is 2. The number of fused-ring (bicyclic) bond motifs is 1. The second kappa shape index (κ2) is 6.84. The summed E-state index contributed by atoms with van der Waals surface area (Å²) < 4.78 is 0. The lowest BCUT2D eigenvalue weighted by atomic mass is 10.2. The zero-order valence-corrected chi connectivity index (χ0v) is 12.2. The molecular weight excluding hydrogens is 286 g/mol. The normalized spacial score (nSPS) is 10.6. The summed E-state index contributed by atoms with van der Waals surface area (Å²) in [7, 11) is 1.45. The molecule has 0 unspecified atom stereocenters. The zero-order chi connectivity index (χ0) is 16.1. The van der Waals surface area contributed by atoms with Crippen LogP contribution in [0, 0.1) is 0 Å². The number of likely N-dealkylation sites (N-methyl/N-ethyl adjacent to an activating group) is 1. The number of carbonyl (C=O) groups is 2. The van der Waals surface area contributed by atoms with E-state index in [1.165, 1.54) is 11.9 Å². The van der Waals surface area contributed by atoms with E-state index in [2.05, 4.69) is 9.97 Å². The molecule has 2 N–H and O–H groups in total. The minimum Gasteiger partial charge on any atom is -0.480 e. The van der Waals surface area contributed by atoms with Crippen molar-refractivity contribution in [1.82, 2.24) is 14.9 Å². The second-order valence-corrected chi connectivity index (χ2v) is 5.03. The monoisotopic (exact) mass is 303 g/mol. The van der Waals surface area contributed by atoms with Crippen LogP contribution < -0.4 is 5.56 Å². The average molecular weight is 303 g/mol. The third-order valence-corrected chi connectivity index (χ3v) is 3.26. The highest BCUT2D eigenvalue weighted by atomic mass is 16.4. The van der Waals surface area contributed by atoms with Gasteiger partial charge in [-0.25, -0.2) is 4.98 Å². The molecule has 0 atom stereocenters. The van der Waals surface area contributed by atoms with Crippen LogP contribution in [0.1, 0.15) is 18.7 Å². The smallest absolute Gasteiger partial charge is 0.323 e. The maximum atomic E-state index is 11.9. The third kappa shape index (κ3) is 3.91. The molecule has 0 aliphatic heterocycles. The molecule has 0 fully saturated rings. The highest BCUT2D eigenvalue weighted by molar-refractivity contribution is 5.81. The van der Waals surface area contributed by atoms with Crippen molar-refractivity contribution in [2.24, 2.45) is 0 Å². The number of carboxylic acids is 1. The number of aromatic amines is 1. The summed E-state index contributed by atoms with van der Waals surface area (Å²) in [4.78, 5) is 42.4. The van der Waals surface area contributed by atoms with Gasteiger partial charge in [-0.15, -0.1) is 0 Å². The topological polar surface area (TPSA) is 103 Å². The largest absolute Gasteiger partial charge is 0.480 e. The molecule has 1 aromatic heterocycles. The van der Waals surface area contributed by atoms with E-state index < -0.39 is 5.97 Å². The fourth-order valence-electron chi connectivity index (χ4n) is 2.14. The first-order valence-electron chi connectivity index (χ1n) is 6.91. The van der Waals surface area contributed by atoms with Gasteiger partial charge in [0.2, 0.25) is 5.91 Å². The van der Waals surface area contributed by atoms with Crippen molar-refractivity contribution in [2.45, 2.75) is 19.3 Å². The van der Waals surface area contributed by atoms with Crippen molar-refractivity contribution in [2.75, 3.05) is 13.6 Å². The highest BCUT2D eigenvalue weighted by Gasteiger charge is 2.12. The van der Waals surface area contributed by atoms with Crippen molar-refractivity contribution in [1.29, 1.82) is 0 Å². The molecule has 0 radical (unpaired) electrons. The number of hydrogen-bond donors (Lipinski definition) is 2. The number of rotatable bonds is 6. The fourth-order valence-corrected chi connectivity index (χ4v) is 2.14. The number of carboxylic acid groups (broad SMARTS) is 1. The van der Waals surface area contributed by atoms with E-state index in [1.807, 2.05) is 6.07 Å². The first kappa shape index (κ1) is 15.7. The van der Waals surface area contributed by atoms with Gasteiger partial charge in [-0.1, -0.05) is 12.1 Å². The molecule has 0 spiro atoms. The molecule has 1 amide bonds. The van der Waals surface area contributed by atoms with Crippen LogP contribution in [-0.4, -0.2) is 45.4 Å². The average Bonchev–Trinajstić information content (AvgIpc) is 2.46. The van der Waals surface area contributed by atoms with Crippen molar-refractivity contribution in [3.63, 3.8) is 0 Å². The van der Waals surface area contributed by atoms with Crippen molar-refractivity contribution in [3.8, 4) is 0 Å². The maximum Gasteiger partial charge on any atom is 0.323 e. The Bertz CT molecular complexity index is 754. The molecule has 22 heavy (non-hydrogen) atoms. The van der Waals surface area contributed by atoms with Gasteiger partial charge in [-0.2, -0.15) is 0 Å². The van der Waals surface area contributed by atoms with E-state index in [-0.39, 0.29) is 24.4 Å². The minimum atomic E-state index is -1.05. The Balaban J connectivity index is 1.96. The van der Waals surface area contributed by atoms with E-state index >= 15 is 0 Å². The molecule has 0 aliphatic rings. The maximum absolute atomic E-state index is 11.9. The number of aliphatic carboxylic acids is 1. The van der Waals surface area contributed by atoms with Crippen LogP contribution in [0.2, 0.25) is 0 Å². The molecular formula is C15H17N3O4. The molecule has 7 nitrogen and oxygen atoms in total. The van der Waals surface area contributed by atoms with E-state index in [0.717, 1.165) is 0 Å². The quantitative estimate of drug-likeness (QED) is 0.821. The molecule has 1 aromatic carbocycles. The van der Waals surface area contributed by atoms with Crippen LogP contribution in [0.15, 0.2) is 29.1 Å². The van der Waals surface area contributed by atoms with Gasteiger partial charge in [-0.05, 0) is 18.6 Å². The Morgan fingerprint density at radius 3 is 2.77 bits per heavy atom. The number of hydrogen-bond acceptors (Lipinski definition) is 4. The van der Waals surface area contributed by atoms with Crippen molar-refractivity contribution in [3.05, 3.63) is 40.4 Å². The summed E-state index contributed by atoms with van der Waals surface area (Å²) >= 11 is 0. The molecule has 116 valence electrons. The molecule has 0 saturated heterocycles. The van der Waals surface area contributed by atoms with Crippen LogP contribution in [0.4, 0.5) is 0 Å². The minimum absolute atomic E-state index is 0.199. The Kier molecular flexibility index (Phi) is 4.88. The highest BCUT2D eigenvalue weighted by Crippen LogP contribution is 2.07. The summed E-state index contributed by atoms with van der Waals surface area (Å²) in [5, 5.41) is 9.15. The SMILES string of the molecule is CN(CC(=O)O)C(=O)CCCc1nc2ccccc2c(=O)[nH]1. The van der Waals surface area contributed by atoms with Crippen LogP contribution in [0.3, 0.4) is 0 Å². The first-order chi connectivity index (χ1) is 10.5. The number of amides is 1. The summed E-state index contributed by atoms with van der Waals surface area (Å²) in [6.45, 7) is -0.316. The predicted molar refractivity (Wildman–Crippen MR) is 80.6 cm³/mol. The van der Waals surface area contributed by atoms with Gasteiger partial charge in [0.05, 0.1) is 10.9 Å². The van der Waals surface area contributed by atoms with Crippen LogP contribution in [0.5, 0.6) is 0 Å². The number of aromatic nitrogens is 2. The number of H-pyrrole nitrogens is 1. The third-order valence-electron chi connectivity index (χ3n) is 3.26. The van der Waals surface area contributed by atoms with Gasteiger partial charge in [-0.3, -0.25) is 14.4 Å². The number of carbonyl (C=O) groups excluding carboxylic acids is 1. The molecule has 2 aromatic rings. The van der Waals surface area contributed by atoms with Gasteiger partial charge in [0, 0.05) is 19.9 Å². The summed E-state index contributed by atoms with van der Waals surface area (Å²) in [6, 6.07) is 7.05. The van der Waals surface area contributed by atoms with Gasteiger partial charge < -0.3 is 15.0 Å². The van der Waals surface area contributed by atoms with Crippen LogP contribution in [-0.2, 0) is 16.0 Å². The van der Waals surface area contributed by atoms with E-state index in [9.17, 15) is 14.4 Å². The van der Waals surface area contributed by atoms with E-state index in [4.69, 9.17) is 5.11 Å². The Labute approximate surface area is 126 Å². The Hall–Kier alpha value is -2.70. The van der Waals surface area contributed by atoms with E-state index in [0.29, 0.717) is 29.6 Å². The Morgan fingerprint density at radius 2 is 2.05 bits per heavy atom. The number of benzene rings is 1. The Morgan fingerprint density at radius 1 is 1.32 bits per heavy atom. The molecule has 0 aliphatic carbocycles. The van der Waals surface area contributed by atoms with Gasteiger partial charge in [0.15, 0.2) is 0 Å². The molecule has 0 saturated carbocycles. The lowest BCUT2D eigenvalue weighted by molar-refractivity contribution is -0.143. The summed E-state index contributed by atoms with van der Waals surface area (Å²) in [5.41, 5.74) is 0.422. The lowest BCUT2D eigenvalue weighted by Gasteiger charge is -2.14. The number of para-hydroxylation sites is 1. The predicted octanol–water partition coefficient (Wildman–Crippen LogP) is 0.789. The van der Waals surface area contributed by atoms with Crippen LogP contribution in [0.25, 0.3) is 10.9 Å². The van der Waals surface area contributed by atoms with Gasteiger partial charge >= 0.3 is 5.97 Å². The van der Waals surface area contributed by atoms with Gasteiger partial charge in [0.25, 0.3) is 5.56 Å². The lowest BCUT2D eigenvalue weighted by Crippen LogP contribution is -2.31. The number of aryl methyl sites for hydroxylation is 1. The fraction of sp³-hybridized carbons (Fsp3) is 0.333. The standard InChI is InChI=1S/C15H17N3O4/c1-18(9-14(20)21)13(19)8-4-7-12-16-11-6-3-2-5-10(11)15(22)17-12/h2-3,5-6H,4,7-9H2,1H3,(H,20,21)(H,16,17,22). The number of nitrogens with one attached hydrogen (secondary N) is 1. The first-order valence-corrected chi connectivity index (χ1v) is 6.91. The zero-order valence-electron chi connectivity index (χ0n) is 12.2. The molecule has 7 heteroatoms. The van der Waals surface area contributed by atoms with E-state index in [1.54, 1.807) is 18.2 Å². The molecule has 2 rings (SSSR count). The van der Waals surface area contributed by atoms with Gasteiger partial charge in [0.1, 0.15) is 12.4 Å². The molecule has 0 bridgehead atoms. The summed E-state index contributed by atoms with van der Waals surface area (Å²) in [6.07, 6.45) is 1.15. The second-order valence-electron chi connectivity index (χ2n) is 5.03. The van der Waals surface area contributed by atoms with Crippen molar-refractivity contribution >= 4 is 22.8 Å². The summed E-state index contributed by atoms with van der Waals surface area (Å²) in [5.74, 6) is -0.765. The molecule has 1 heterocycles. The van der Waals surface area contributed by atoms with Crippen molar-refractivity contribution < 1.29 is 14.7 Å². The van der Waals surface area contributed by atoms with Crippen LogP contribution >= 0.6 is 0 Å².